The van der Waals surface area contributed by atoms with Gasteiger partial charge in [-0.2, -0.15) is 22.3 Å². The van der Waals surface area contributed by atoms with Crippen LogP contribution in [0.4, 0.5) is 0 Å². The van der Waals surface area contributed by atoms with Gasteiger partial charge in [0.05, 0.1) is 30.7 Å². The first-order valence-electron chi connectivity index (χ1n) is 6.08. The third-order valence-corrected chi connectivity index (χ3v) is 3.94. The Morgan fingerprint density at radius 1 is 1.28 bits per heavy atom. The molecule has 0 spiro atoms. The molecule has 0 bridgehead atoms. The highest BCUT2D eigenvalue weighted by molar-refractivity contribution is 7.99. The maximum absolute atomic E-state index is 11.9. The lowest BCUT2D eigenvalue weighted by Gasteiger charge is -2.27. The Kier molecular flexibility index (Phi) is 7.24. The van der Waals surface area contributed by atoms with Gasteiger partial charge in [0.25, 0.3) is 0 Å². The van der Waals surface area contributed by atoms with Gasteiger partial charge in [0.15, 0.2) is 0 Å². The average molecular weight is 266 g/mol. The quantitative estimate of drug-likeness (QED) is 0.695. The van der Waals surface area contributed by atoms with Crippen LogP contribution in [-0.4, -0.2) is 48.5 Å². The van der Waals surface area contributed by atoms with E-state index in [1.807, 2.05) is 12.1 Å². The van der Waals surface area contributed by atoms with E-state index in [1.54, 1.807) is 16.7 Å². The molecule has 1 rings (SSSR count). The molecule has 1 amide bonds. The van der Waals surface area contributed by atoms with Crippen molar-refractivity contribution in [3.63, 3.8) is 0 Å². The van der Waals surface area contributed by atoms with Crippen molar-refractivity contribution in [2.45, 2.75) is 12.8 Å². The molecule has 1 aliphatic heterocycles. The third-order valence-electron chi connectivity index (χ3n) is 2.78. The van der Waals surface area contributed by atoms with E-state index in [1.165, 1.54) is 0 Å². The van der Waals surface area contributed by atoms with Crippen LogP contribution in [0.3, 0.4) is 0 Å². The summed E-state index contributed by atoms with van der Waals surface area (Å²) in [7, 11) is 0. The third kappa shape index (κ3) is 5.39. The fourth-order valence-electron chi connectivity index (χ4n) is 1.60. The molecule has 1 aliphatic rings. The topological polar surface area (TPSA) is 79.9 Å². The fourth-order valence-corrected chi connectivity index (χ4v) is 2.65. The summed E-state index contributed by atoms with van der Waals surface area (Å²) in [6.45, 7) is 2.96. The summed E-state index contributed by atoms with van der Waals surface area (Å²) in [4.78, 5) is 13.5. The number of nitrogens with zero attached hydrogens (tertiary/aromatic N) is 3. The summed E-state index contributed by atoms with van der Waals surface area (Å²) in [6, 6.07) is 4.06. The van der Waals surface area contributed by atoms with E-state index < -0.39 is 0 Å². The van der Waals surface area contributed by atoms with Gasteiger partial charge >= 0.3 is 0 Å². The Balaban J connectivity index is 2.23. The molecule has 5 nitrogen and oxygen atoms in total. The first-order valence-corrected chi connectivity index (χ1v) is 7.23. The zero-order valence-electron chi connectivity index (χ0n) is 10.4. The van der Waals surface area contributed by atoms with Crippen LogP contribution < -0.4 is 5.32 Å². The lowest BCUT2D eigenvalue weighted by atomic mass is 10.1. The molecule has 0 aromatic rings. The van der Waals surface area contributed by atoms with Gasteiger partial charge in [0, 0.05) is 13.1 Å². The number of hydrogen-bond donors (Lipinski definition) is 1. The molecule has 0 saturated carbocycles. The summed E-state index contributed by atoms with van der Waals surface area (Å²) >= 11 is 1.64. The molecule has 0 unspecified atom stereocenters. The van der Waals surface area contributed by atoms with Crippen molar-refractivity contribution in [1.82, 2.24) is 10.2 Å². The normalized spacial score (nSPS) is 14.3. The van der Waals surface area contributed by atoms with Crippen LogP contribution in [0.25, 0.3) is 0 Å². The van der Waals surface area contributed by atoms with Crippen LogP contribution in [0.1, 0.15) is 12.8 Å². The number of amides is 1. The van der Waals surface area contributed by atoms with Crippen LogP contribution in [0.15, 0.2) is 0 Å². The average Bonchev–Trinajstić information content (AvgIpc) is 2.32. The van der Waals surface area contributed by atoms with E-state index in [9.17, 15) is 4.79 Å². The number of carbonyl (C=O) groups excluding carboxylic acids is 1. The standard InChI is InChI=1S/C12H18N4OS/c13-3-1-5-16(6-2-4-14)12(17)10-18-9-11-7-15-8-11/h11,15H,1-2,5-10H2. The second kappa shape index (κ2) is 8.79. The van der Waals surface area contributed by atoms with E-state index in [2.05, 4.69) is 5.32 Å². The van der Waals surface area contributed by atoms with Crippen LogP contribution in [0, 0.1) is 28.6 Å². The first kappa shape index (κ1) is 14.8. The lowest BCUT2D eigenvalue weighted by Crippen LogP contribution is -2.43. The predicted octanol–water partition coefficient (Wildman–Crippen LogP) is 0.595. The number of hydrogen-bond acceptors (Lipinski definition) is 5. The smallest absolute Gasteiger partial charge is 0.232 e. The minimum absolute atomic E-state index is 0.0396. The molecule has 18 heavy (non-hydrogen) atoms. The van der Waals surface area contributed by atoms with Crippen molar-refractivity contribution in [2.24, 2.45) is 5.92 Å². The Bertz CT molecular complexity index is 325. The van der Waals surface area contributed by atoms with Crippen molar-refractivity contribution in [1.29, 1.82) is 10.5 Å². The molecule has 0 aliphatic carbocycles. The summed E-state index contributed by atoms with van der Waals surface area (Å²) in [5, 5.41) is 20.3. The molecular formula is C12H18N4OS. The minimum atomic E-state index is 0.0396. The van der Waals surface area contributed by atoms with Gasteiger partial charge in [0.2, 0.25) is 5.91 Å². The summed E-state index contributed by atoms with van der Waals surface area (Å²) < 4.78 is 0. The maximum Gasteiger partial charge on any atom is 0.232 e. The maximum atomic E-state index is 11.9. The van der Waals surface area contributed by atoms with Gasteiger partial charge in [-0.25, -0.2) is 0 Å². The molecule has 1 fully saturated rings. The summed E-state index contributed by atoms with van der Waals surface area (Å²) in [5.41, 5.74) is 0. The van der Waals surface area contributed by atoms with E-state index in [-0.39, 0.29) is 5.91 Å². The Hall–Kier alpha value is -1.24. The van der Waals surface area contributed by atoms with Crippen molar-refractivity contribution in [2.75, 3.05) is 37.7 Å². The van der Waals surface area contributed by atoms with Crippen LogP contribution >= 0.6 is 11.8 Å². The summed E-state index contributed by atoms with van der Waals surface area (Å²) in [6.07, 6.45) is 0.656. The van der Waals surface area contributed by atoms with Gasteiger partial charge in [-0.1, -0.05) is 0 Å². The summed E-state index contributed by atoms with van der Waals surface area (Å²) in [5.74, 6) is 2.18. The van der Waals surface area contributed by atoms with Crippen molar-refractivity contribution in [3.05, 3.63) is 0 Å². The number of rotatable bonds is 8. The minimum Gasteiger partial charge on any atom is -0.340 e. The van der Waals surface area contributed by atoms with E-state index >= 15 is 0 Å². The molecule has 1 saturated heterocycles. The van der Waals surface area contributed by atoms with E-state index in [4.69, 9.17) is 10.5 Å². The molecule has 0 atom stereocenters. The second-order valence-corrected chi connectivity index (χ2v) is 5.27. The monoisotopic (exact) mass is 266 g/mol. The Morgan fingerprint density at radius 2 is 1.89 bits per heavy atom. The van der Waals surface area contributed by atoms with Crippen LogP contribution in [0.5, 0.6) is 0 Å². The molecule has 0 aromatic heterocycles. The highest BCUT2D eigenvalue weighted by Crippen LogP contribution is 2.13. The fraction of sp³-hybridized carbons (Fsp3) is 0.750. The Labute approximate surface area is 112 Å². The van der Waals surface area contributed by atoms with Gasteiger partial charge in [0.1, 0.15) is 0 Å². The molecule has 98 valence electrons. The first-order chi connectivity index (χ1) is 8.77. The largest absolute Gasteiger partial charge is 0.340 e. The van der Waals surface area contributed by atoms with Crippen LogP contribution in [0.2, 0.25) is 0 Å². The molecule has 1 N–H and O–H groups in total. The molecule has 0 aromatic carbocycles. The van der Waals surface area contributed by atoms with Crippen molar-refractivity contribution < 1.29 is 4.79 Å². The van der Waals surface area contributed by atoms with Gasteiger partial charge < -0.3 is 10.2 Å². The molecule has 1 heterocycles. The zero-order chi connectivity index (χ0) is 13.2. The van der Waals surface area contributed by atoms with Crippen LogP contribution in [-0.2, 0) is 4.79 Å². The number of nitrogens with one attached hydrogen (secondary N) is 1. The molecule has 0 radical (unpaired) electrons. The van der Waals surface area contributed by atoms with Gasteiger partial charge in [-0.15, -0.1) is 0 Å². The zero-order valence-corrected chi connectivity index (χ0v) is 11.2. The second-order valence-electron chi connectivity index (χ2n) is 4.24. The Morgan fingerprint density at radius 3 is 2.33 bits per heavy atom. The number of carbonyl (C=O) groups is 1. The molecule has 6 heteroatoms. The van der Waals surface area contributed by atoms with E-state index in [0.29, 0.717) is 37.6 Å². The van der Waals surface area contributed by atoms with Gasteiger partial charge in [-0.3, -0.25) is 4.79 Å². The van der Waals surface area contributed by atoms with E-state index in [0.717, 1.165) is 18.8 Å². The molecular weight excluding hydrogens is 248 g/mol. The highest BCUT2D eigenvalue weighted by atomic mass is 32.2. The number of nitriles is 2. The van der Waals surface area contributed by atoms with Gasteiger partial charge in [-0.05, 0) is 24.8 Å². The SMILES string of the molecule is N#CCCN(CCC#N)C(=O)CSCC1CNC1. The van der Waals surface area contributed by atoms with Crippen molar-refractivity contribution >= 4 is 17.7 Å². The predicted molar refractivity (Wildman–Crippen MR) is 70.7 cm³/mol. The van der Waals surface area contributed by atoms with Crippen molar-refractivity contribution in [3.8, 4) is 12.1 Å². The lowest BCUT2D eigenvalue weighted by molar-refractivity contribution is -0.128. The number of thioether (sulfide) groups is 1. The highest BCUT2D eigenvalue weighted by Gasteiger charge is 2.18.